The second-order valence-corrected chi connectivity index (χ2v) is 9.25. The molecule has 23 heavy (non-hydrogen) atoms. The van der Waals surface area contributed by atoms with Crippen molar-refractivity contribution in [1.29, 1.82) is 0 Å². The van der Waals surface area contributed by atoms with E-state index in [9.17, 15) is 31.3 Å². The van der Waals surface area contributed by atoms with Crippen LogP contribution in [0.2, 0.25) is 0 Å². The summed E-state index contributed by atoms with van der Waals surface area (Å²) in [5.41, 5.74) is -0.943. The van der Waals surface area contributed by atoms with Crippen molar-refractivity contribution < 1.29 is 26.1 Å². The number of hydrogen-bond donors (Lipinski definition) is 0. The van der Waals surface area contributed by atoms with Crippen molar-refractivity contribution >= 4 is 25.5 Å². The SMILES string of the molecule is CCN([C@@H]1CCS(=O)(=O)C1)S(=O)(=O)c1ccc(F)c([N+](=O)[O-])c1. The Morgan fingerprint density at radius 1 is 1.43 bits per heavy atom. The van der Waals surface area contributed by atoms with Gasteiger partial charge in [0.1, 0.15) is 0 Å². The van der Waals surface area contributed by atoms with Crippen LogP contribution in [0.3, 0.4) is 0 Å². The Kier molecular flexibility index (Phi) is 4.74. The third kappa shape index (κ3) is 3.51. The first-order chi connectivity index (χ1) is 10.6. The highest BCUT2D eigenvalue weighted by Gasteiger charge is 2.38. The van der Waals surface area contributed by atoms with Crippen molar-refractivity contribution in [3.63, 3.8) is 0 Å². The molecule has 0 saturated carbocycles. The Hall–Kier alpha value is -1.59. The quantitative estimate of drug-likeness (QED) is 0.566. The predicted molar refractivity (Wildman–Crippen MR) is 79.7 cm³/mol. The summed E-state index contributed by atoms with van der Waals surface area (Å²) in [6, 6.07) is 1.57. The Labute approximate surface area is 133 Å². The number of benzene rings is 1. The Balaban J connectivity index is 2.44. The lowest BCUT2D eigenvalue weighted by Gasteiger charge is -2.25. The maximum Gasteiger partial charge on any atom is 0.306 e. The van der Waals surface area contributed by atoms with Gasteiger partial charge in [-0.05, 0) is 18.6 Å². The van der Waals surface area contributed by atoms with E-state index in [4.69, 9.17) is 0 Å². The summed E-state index contributed by atoms with van der Waals surface area (Å²) in [7, 11) is -7.46. The van der Waals surface area contributed by atoms with E-state index in [0.717, 1.165) is 10.4 Å². The van der Waals surface area contributed by atoms with Gasteiger partial charge in [-0.3, -0.25) is 10.1 Å². The fourth-order valence-electron chi connectivity index (χ4n) is 2.56. The van der Waals surface area contributed by atoms with Crippen LogP contribution in [0.15, 0.2) is 23.1 Å². The number of nitrogens with zero attached hydrogens (tertiary/aromatic N) is 2. The summed E-state index contributed by atoms with van der Waals surface area (Å²) in [5.74, 6) is -1.53. The van der Waals surface area contributed by atoms with Crippen LogP contribution < -0.4 is 0 Å². The molecule has 1 fully saturated rings. The first kappa shape index (κ1) is 17.8. The van der Waals surface area contributed by atoms with Crippen LogP contribution in [0.25, 0.3) is 0 Å². The predicted octanol–water partition coefficient (Wildman–Crippen LogP) is 0.932. The molecule has 0 aromatic heterocycles. The summed E-state index contributed by atoms with van der Waals surface area (Å²) in [4.78, 5) is 9.32. The van der Waals surface area contributed by atoms with Gasteiger partial charge in [-0.15, -0.1) is 0 Å². The fraction of sp³-hybridized carbons (Fsp3) is 0.500. The maximum absolute atomic E-state index is 13.4. The number of sulfone groups is 1. The molecule has 0 amide bonds. The molecule has 1 aromatic carbocycles. The number of hydrogen-bond acceptors (Lipinski definition) is 6. The lowest BCUT2D eigenvalue weighted by molar-refractivity contribution is -0.387. The molecule has 0 bridgehead atoms. The van der Waals surface area contributed by atoms with Gasteiger partial charge in [0, 0.05) is 18.7 Å². The lowest BCUT2D eigenvalue weighted by Crippen LogP contribution is -2.40. The highest BCUT2D eigenvalue weighted by Crippen LogP contribution is 2.28. The molecule has 0 aliphatic carbocycles. The number of halogens is 1. The molecule has 1 saturated heterocycles. The van der Waals surface area contributed by atoms with Crippen LogP contribution in [0.1, 0.15) is 13.3 Å². The monoisotopic (exact) mass is 366 g/mol. The van der Waals surface area contributed by atoms with E-state index in [1.807, 2.05) is 0 Å². The van der Waals surface area contributed by atoms with Gasteiger partial charge < -0.3 is 0 Å². The highest BCUT2D eigenvalue weighted by molar-refractivity contribution is 7.92. The van der Waals surface area contributed by atoms with Crippen LogP contribution in [-0.4, -0.2) is 50.2 Å². The van der Waals surface area contributed by atoms with Gasteiger partial charge >= 0.3 is 5.69 Å². The second-order valence-electron chi connectivity index (χ2n) is 5.14. The first-order valence-electron chi connectivity index (χ1n) is 6.74. The molecule has 1 aliphatic heterocycles. The van der Waals surface area contributed by atoms with Crippen LogP contribution in [0.5, 0.6) is 0 Å². The molecule has 1 aliphatic rings. The van der Waals surface area contributed by atoms with Crippen molar-refractivity contribution in [2.24, 2.45) is 0 Å². The molecule has 128 valence electrons. The molecule has 1 heterocycles. The molecule has 8 nitrogen and oxygen atoms in total. The van der Waals surface area contributed by atoms with Gasteiger partial charge in [0.15, 0.2) is 9.84 Å². The van der Waals surface area contributed by atoms with E-state index in [1.165, 1.54) is 0 Å². The molecule has 1 atom stereocenters. The maximum atomic E-state index is 13.4. The van der Waals surface area contributed by atoms with Crippen LogP contribution in [0, 0.1) is 15.9 Å². The summed E-state index contributed by atoms with van der Waals surface area (Å²) in [5, 5.41) is 10.8. The van der Waals surface area contributed by atoms with E-state index < -0.39 is 47.2 Å². The number of sulfonamides is 1. The van der Waals surface area contributed by atoms with Crippen LogP contribution in [0.4, 0.5) is 10.1 Å². The standard InChI is InChI=1S/C12H15FN2O6S2/c1-2-14(9-5-6-22(18,19)8-9)23(20,21)10-3-4-11(13)12(7-10)15(16)17/h3-4,7,9H,2,5-6,8H2,1H3/t9-/m1/s1. The van der Waals surface area contributed by atoms with Crippen molar-refractivity contribution in [3.05, 3.63) is 34.1 Å². The molecule has 1 aromatic rings. The summed E-state index contributed by atoms with van der Waals surface area (Å²) >= 11 is 0. The average Bonchev–Trinajstić information content (AvgIpc) is 2.79. The fourth-order valence-corrected chi connectivity index (χ4v) is 6.06. The van der Waals surface area contributed by atoms with Gasteiger partial charge in [-0.25, -0.2) is 16.8 Å². The molecular weight excluding hydrogens is 351 g/mol. The normalized spacial score (nSPS) is 20.7. The number of rotatable bonds is 5. The van der Waals surface area contributed by atoms with Crippen molar-refractivity contribution in [3.8, 4) is 0 Å². The van der Waals surface area contributed by atoms with Crippen LogP contribution >= 0.6 is 0 Å². The molecule has 0 unspecified atom stereocenters. The third-order valence-corrected chi connectivity index (χ3v) is 7.42. The van der Waals surface area contributed by atoms with Crippen LogP contribution in [-0.2, 0) is 19.9 Å². The van der Waals surface area contributed by atoms with Crippen molar-refractivity contribution in [2.45, 2.75) is 24.3 Å². The molecular formula is C12H15FN2O6S2. The zero-order valence-corrected chi connectivity index (χ0v) is 13.8. The minimum Gasteiger partial charge on any atom is -0.258 e. The highest BCUT2D eigenvalue weighted by atomic mass is 32.2. The first-order valence-corrected chi connectivity index (χ1v) is 10.0. The minimum absolute atomic E-state index is 0.00763. The van der Waals surface area contributed by atoms with Gasteiger partial charge in [0.05, 0.1) is 21.3 Å². The van der Waals surface area contributed by atoms with Crippen molar-refractivity contribution in [1.82, 2.24) is 4.31 Å². The Morgan fingerprint density at radius 2 is 2.09 bits per heavy atom. The smallest absolute Gasteiger partial charge is 0.258 e. The van der Waals surface area contributed by atoms with E-state index in [-0.39, 0.29) is 24.5 Å². The van der Waals surface area contributed by atoms with E-state index in [0.29, 0.717) is 12.1 Å². The van der Waals surface area contributed by atoms with Gasteiger partial charge in [-0.1, -0.05) is 6.92 Å². The minimum atomic E-state index is -4.16. The van der Waals surface area contributed by atoms with Gasteiger partial charge in [-0.2, -0.15) is 8.70 Å². The Morgan fingerprint density at radius 3 is 2.57 bits per heavy atom. The molecule has 2 rings (SSSR count). The summed E-state index contributed by atoms with van der Waals surface area (Å²) in [6.45, 7) is 1.55. The van der Waals surface area contributed by atoms with E-state index in [1.54, 1.807) is 6.92 Å². The van der Waals surface area contributed by atoms with Gasteiger partial charge in [0.25, 0.3) is 0 Å². The molecule has 0 N–H and O–H groups in total. The number of nitro benzene ring substituents is 1. The second kappa shape index (κ2) is 6.13. The third-order valence-electron chi connectivity index (χ3n) is 3.65. The molecule has 11 heteroatoms. The summed E-state index contributed by atoms with van der Waals surface area (Å²) < 4.78 is 62.7. The van der Waals surface area contributed by atoms with E-state index >= 15 is 0 Å². The summed E-state index contributed by atoms with van der Waals surface area (Å²) in [6.07, 6.45) is 0.165. The average molecular weight is 366 g/mol. The van der Waals surface area contributed by atoms with Crippen molar-refractivity contribution in [2.75, 3.05) is 18.1 Å². The van der Waals surface area contributed by atoms with E-state index in [2.05, 4.69) is 0 Å². The lowest BCUT2D eigenvalue weighted by atomic mass is 10.3. The Bertz CT molecular complexity index is 837. The topological polar surface area (TPSA) is 115 Å². The zero-order valence-electron chi connectivity index (χ0n) is 12.2. The number of nitro groups is 1. The molecule has 0 spiro atoms. The van der Waals surface area contributed by atoms with Gasteiger partial charge in [0.2, 0.25) is 15.8 Å². The molecule has 0 radical (unpaired) electrons. The largest absolute Gasteiger partial charge is 0.306 e. The zero-order chi connectivity index (χ0) is 17.4.